The van der Waals surface area contributed by atoms with Gasteiger partial charge < -0.3 is 15.2 Å². The summed E-state index contributed by atoms with van der Waals surface area (Å²) in [5.41, 5.74) is 0. The number of nitrogens with zero attached hydrogens (tertiary/aromatic N) is 2. The maximum atomic E-state index is 11.9. The number of rotatable bonds is 7. The number of hydrogen-bond donors (Lipinski definition) is 3. The lowest BCUT2D eigenvalue weighted by atomic mass is 9.96. The summed E-state index contributed by atoms with van der Waals surface area (Å²) in [6, 6.07) is 0. The molecule has 1 aromatic rings. The van der Waals surface area contributed by atoms with Crippen molar-refractivity contribution in [3.8, 4) is 0 Å². The molecule has 1 atom stereocenters. The zero-order valence-corrected chi connectivity index (χ0v) is 13.5. The number of carbonyl (C=O) groups is 1. The Morgan fingerprint density at radius 1 is 1.55 bits per heavy atom. The van der Waals surface area contributed by atoms with Crippen LogP contribution in [0.2, 0.25) is 0 Å². The van der Waals surface area contributed by atoms with Gasteiger partial charge in [0, 0.05) is 19.8 Å². The summed E-state index contributed by atoms with van der Waals surface area (Å²) >= 11 is 0. The summed E-state index contributed by atoms with van der Waals surface area (Å²) in [7, 11) is -2.05. The molecule has 2 rings (SSSR count). The summed E-state index contributed by atoms with van der Waals surface area (Å²) in [5, 5.41) is 5.98. The van der Waals surface area contributed by atoms with Gasteiger partial charge in [-0.15, -0.1) is 0 Å². The third kappa shape index (κ3) is 5.08. The van der Waals surface area contributed by atoms with E-state index < -0.39 is 10.0 Å². The molecule has 0 radical (unpaired) electrons. The normalized spacial score (nSPS) is 19.0. The zero-order chi connectivity index (χ0) is 16.0. The van der Waals surface area contributed by atoms with E-state index in [2.05, 4.69) is 20.3 Å². The summed E-state index contributed by atoms with van der Waals surface area (Å²) < 4.78 is 27.6. The molecule has 22 heavy (non-hydrogen) atoms. The zero-order valence-electron chi connectivity index (χ0n) is 12.7. The molecule has 2 heterocycles. The lowest BCUT2D eigenvalue weighted by Gasteiger charge is -2.22. The van der Waals surface area contributed by atoms with Gasteiger partial charge in [0.15, 0.2) is 5.03 Å². The van der Waals surface area contributed by atoms with Crippen molar-refractivity contribution in [2.75, 3.05) is 26.2 Å². The molecular formula is C13H23N5O3S. The van der Waals surface area contributed by atoms with Gasteiger partial charge in [-0.2, -0.15) is 0 Å². The standard InChI is InChI=1S/C13H23N5O3S/c1-18-9-13(16-10-18)22(20,21)17-8-12(19)15-6-4-11-3-2-5-14-7-11/h9-11,14,17H,2-8H2,1H3,(H,15,19). The Balaban J connectivity index is 1.68. The van der Waals surface area contributed by atoms with Crippen LogP contribution in [0.1, 0.15) is 19.3 Å². The fraction of sp³-hybridized carbons (Fsp3) is 0.692. The SMILES string of the molecule is Cn1cnc(S(=O)(=O)NCC(=O)NCCC2CCCNC2)c1. The topological polar surface area (TPSA) is 105 Å². The first-order chi connectivity index (χ1) is 10.5. The van der Waals surface area contributed by atoms with E-state index in [0.717, 1.165) is 19.5 Å². The highest BCUT2D eigenvalue weighted by Crippen LogP contribution is 2.12. The van der Waals surface area contributed by atoms with E-state index in [-0.39, 0.29) is 17.5 Å². The van der Waals surface area contributed by atoms with Gasteiger partial charge in [0.05, 0.1) is 12.9 Å². The second-order valence-electron chi connectivity index (χ2n) is 5.55. The first kappa shape index (κ1) is 16.9. The van der Waals surface area contributed by atoms with Crippen LogP contribution in [-0.2, 0) is 21.9 Å². The predicted molar refractivity (Wildman–Crippen MR) is 81.6 cm³/mol. The van der Waals surface area contributed by atoms with E-state index in [9.17, 15) is 13.2 Å². The van der Waals surface area contributed by atoms with Crippen molar-refractivity contribution in [1.82, 2.24) is 24.9 Å². The quantitative estimate of drug-likeness (QED) is 0.608. The van der Waals surface area contributed by atoms with Crippen molar-refractivity contribution in [2.24, 2.45) is 13.0 Å². The van der Waals surface area contributed by atoms with Crippen LogP contribution in [0.25, 0.3) is 0 Å². The number of hydrogen-bond acceptors (Lipinski definition) is 5. The Morgan fingerprint density at radius 3 is 3.00 bits per heavy atom. The number of amides is 1. The average Bonchev–Trinajstić information content (AvgIpc) is 2.94. The molecule has 3 N–H and O–H groups in total. The monoisotopic (exact) mass is 329 g/mol. The molecular weight excluding hydrogens is 306 g/mol. The Kier molecular flexibility index (Phi) is 5.92. The molecule has 1 saturated heterocycles. The predicted octanol–water partition coefficient (Wildman–Crippen LogP) is -0.796. The Labute approximate surface area is 130 Å². The maximum Gasteiger partial charge on any atom is 0.260 e. The van der Waals surface area contributed by atoms with Gasteiger partial charge >= 0.3 is 0 Å². The van der Waals surface area contributed by atoms with Crippen LogP contribution in [-0.4, -0.2) is 50.1 Å². The number of carbonyl (C=O) groups excluding carboxylic acids is 1. The van der Waals surface area contributed by atoms with Crippen LogP contribution < -0.4 is 15.4 Å². The molecule has 1 aliphatic rings. The minimum Gasteiger partial charge on any atom is -0.355 e. The van der Waals surface area contributed by atoms with Crippen LogP contribution in [0.3, 0.4) is 0 Å². The highest BCUT2D eigenvalue weighted by atomic mass is 32.2. The number of sulfonamides is 1. The van der Waals surface area contributed by atoms with E-state index in [1.54, 1.807) is 7.05 Å². The van der Waals surface area contributed by atoms with Gasteiger partial charge in [0.2, 0.25) is 5.91 Å². The molecule has 0 spiro atoms. The average molecular weight is 329 g/mol. The minimum atomic E-state index is -3.73. The molecule has 124 valence electrons. The molecule has 0 bridgehead atoms. The molecule has 1 aromatic heterocycles. The van der Waals surface area contributed by atoms with Crippen LogP contribution >= 0.6 is 0 Å². The fourth-order valence-corrected chi connectivity index (χ4v) is 3.37. The van der Waals surface area contributed by atoms with E-state index in [0.29, 0.717) is 12.5 Å². The first-order valence-corrected chi connectivity index (χ1v) is 8.91. The number of imidazole rings is 1. The van der Waals surface area contributed by atoms with E-state index in [1.807, 2.05) is 0 Å². The van der Waals surface area contributed by atoms with Crippen molar-refractivity contribution in [3.63, 3.8) is 0 Å². The Morgan fingerprint density at radius 2 is 2.36 bits per heavy atom. The largest absolute Gasteiger partial charge is 0.355 e. The van der Waals surface area contributed by atoms with Crippen LogP contribution in [0.15, 0.2) is 17.6 Å². The van der Waals surface area contributed by atoms with Gasteiger partial charge in [-0.3, -0.25) is 4.79 Å². The third-order valence-electron chi connectivity index (χ3n) is 3.65. The lowest BCUT2D eigenvalue weighted by Crippen LogP contribution is -2.38. The molecule has 1 amide bonds. The highest BCUT2D eigenvalue weighted by molar-refractivity contribution is 7.89. The van der Waals surface area contributed by atoms with Crippen molar-refractivity contribution < 1.29 is 13.2 Å². The van der Waals surface area contributed by atoms with Gasteiger partial charge in [-0.05, 0) is 38.3 Å². The van der Waals surface area contributed by atoms with Crippen LogP contribution in [0, 0.1) is 5.92 Å². The number of aryl methyl sites for hydroxylation is 1. The molecule has 9 heteroatoms. The molecule has 8 nitrogen and oxygen atoms in total. The molecule has 1 fully saturated rings. The number of piperidine rings is 1. The van der Waals surface area contributed by atoms with E-state index >= 15 is 0 Å². The summed E-state index contributed by atoms with van der Waals surface area (Å²) in [6.45, 7) is 2.35. The second-order valence-corrected chi connectivity index (χ2v) is 7.27. The Bertz CT molecular complexity index is 593. The fourth-order valence-electron chi connectivity index (χ4n) is 2.41. The van der Waals surface area contributed by atoms with E-state index in [1.165, 1.54) is 29.9 Å². The molecule has 1 aliphatic heterocycles. The van der Waals surface area contributed by atoms with Gasteiger partial charge in [0.1, 0.15) is 0 Å². The molecule has 0 aromatic carbocycles. The second kappa shape index (κ2) is 7.70. The number of aromatic nitrogens is 2. The highest BCUT2D eigenvalue weighted by Gasteiger charge is 2.18. The van der Waals surface area contributed by atoms with Crippen molar-refractivity contribution >= 4 is 15.9 Å². The van der Waals surface area contributed by atoms with Crippen molar-refractivity contribution in [2.45, 2.75) is 24.3 Å². The Hall–Kier alpha value is -1.45. The van der Waals surface area contributed by atoms with Gasteiger partial charge in [0.25, 0.3) is 10.0 Å². The first-order valence-electron chi connectivity index (χ1n) is 7.42. The molecule has 1 unspecified atom stereocenters. The van der Waals surface area contributed by atoms with Gasteiger partial charge in [-0.25, -0.2) is 18.1 Å². The number of nitrogens with one attached hydrogen (secondary N) is 3. The van der Waals surface area contributed by atoms with Crippen molar-refractivity contribution in [1.29, 1.82) is 0 Å². The van der Waals surface area contributed by atoms with Crippen molar-refractivity contribution in [3.05, 3.63) is 12.5 Å². The molecule has 0 aliphatic carbocycles. The van der Waals surface area contributed by atoms with E-state index in [4.69, 9.17) is 0 Å². The summed E-state index contributed by atoms with van der Waals surface area (Å²) in [4.78, 5) is 15.5. The van der Waals surface area contributed by atoms with Crippen LogP contribution in [0.4, 0.5) is 0 Å². The van der Waals surface area contributed by atoms with Crippen LogP contribution in [0.5, 0.6) is 0 Å². The third-order valence-corrected chi connectivity index (χ3v) is 4.94. The minimum absolute atomic E-state index is 0.0870. The maximum absolute atomic E-state index is 11.9. The van der Waals surface area contributed by atoms with Gasteiger partial charge in [-0.1, -0.05) is 0 Å². The summed E-state index contributed by atoms with van der Waals surface area (Å²) in [6.07, 6.45) is 6.03. The smallest absolute Gasteiger partial charge is 0.260 e. The molecule has 0 saturated carbocycles. The lowest BCUT2D eigenvalue weighted by molar-refractivity contribution is -0.120. The summed E-state index contributed by atoms with van der Waals surface area (Å²) in [5.74, 6) is 0.252.